The maximum atomic E-state index is 13.3. The number of hydrogen-bond acceptors (Lipinski definition) is 5. The smallest absolute Gasteiger partial charge is 0.254 e. The number of benzene rings is 3. The van der Waals surface area contributed by atoms with Crippen molar-refractivity contribution in [2.45, 2.75) is 31.7 Å². The molecule has 3 aromatic rings. The first kappa shape index (κ1) is 25.1. The van der Waals surface area contributed by atoms with Gasteiger partial charge in [-0.05, 0) is 67.4 Å². The van der Waals surface area contributed by atoms with E-state index < -0.39 is 0 Å². The number of carbonyl (C=O) groups excluding carboxylic acids is 2. The van der Waals surface area contributed by atoms with Crippen LogP contribution < -0.4 is 15.5 Å². The Labute approximate surface area is 221 Å². The van der Waals surface area contributed by atoms with Crippen LogP contribution in [-0.4, -0.2) is 54.2 Å². The van der Waals surface area contributed by atoms with E-state index in [9.17, 15) is 14.0 Å². The molecule has 2 aliphatic rings. The third kappa shape index (κ3) is 5.74. The second-order valence-corrected chi connectivity index (χ2v) is 10.8. The summed E-state index contributed by atoms with van der Waals surface area (Å²) in [5, 5.41) is 6.26. The van der Waals surface area contributed by atoms with Gasteiger partial charge in [-0.3, -0.25) is 9.59 Å². The number of anilines is 3. The van der Waals surface area contributed by atoms with E-state index in [1.54, 1.807) is 30.0 Å². The molecule has 0 unspecified atom stereocenters. The number of fused-ring (bicyclic) bond motifs is 1. The fraction of sp³-hybridized carbons (Fsp3) is 0.310. The predicted octanol–water partition coefficient (Wildman–Crippen LogP) is 5.15. The van der Waals surface area contributed by atoms with Crippen molar-refractivity contribution in [3.8, 4) is 0 Å². The first-order valence-corrected chi connectivity index (χ1v) is 13.7. The lowest BCUT2D eigenvalue weighted by atomic mass is 10.1. The van der Waals surface area contributed by atoms with Crippen LogP contribution in [0.5, 0.6) is 0 Å². The van der Waals surface area contributed by atoms with Gasteiger partial charge >= 0.3 is 0 Å². The average molecular weight is 519 g/mol. The highest BCUT2D eigenvalue weighted by molar-refractivity contribution is 7.98. The quantitative estimate of drug-likeness (QED) is 0.473. The molecule has 0 saturated carbocycles. The van der Waals surface area contributed by atoms with Gasteiger partial charge in [0.15, 0.2) is 0 Å². The van der Waals surface area contributed by atoms with Crippen LogP contribution in [0.25, 0.3) is 0 Å². The molecule has 5 rings (SSSR count). The first-order chi connectivity index (χ1) is 17.9. The summed E-state index contributed by atoms with van der Waals surface area (Å²) in [4.78, 5) is 30.3. The lowest BCUT2D eigenvalue weighted by molar-refractivity contribution is -0.116. The number of nitrogens with one attached hydrogen (secondary N) is 2. The monoisotopic (exact) mass is 518 g/mol. The van der Waals surface area contributed by atoms with Crippen LogP contribution in [0, 0.1) is 12.7 Å². The van der Waals surface area contributed by atoms with E-state index in [2.05, 4.69) is 53.6 Å². The molecule has 2 atom stereocenters. The molecule has 2 N–H and O–H groups in total. The highest BCUT2D eigenvalue weighted by Crippen LogP contribution is 2.30. The molecule has 0 spiro atoms. The molecular weight excluding hydrogens is 487 g/mol. The van der Waals surface area contributed by atoms with E-state index in [1.807, 2.05) is 17.0 Å². The molecule has 0 radical (unpaired) electrons. The summed E-state index contributed by atoms with van der Waals surface area (Å²) in [5.41, 5.74) is 5.43. The second-order valence-electron chi connectivity index (χ2n) is 9.72. The molecule has 0 aromatic heterocycles. The molecule has 3 aromatic carbocycles. The maximum absolute atomic E-state index is 13.3. The molecule has 37 heavy (non-hydrogen) atoms. The van der Waals surface area contributed by atoms with Crippen molar-refractivity contribution >= 4 is 40.6 Å². The molecule has 2 heterocycles. The number of nitrogens with zero attached hydrogens (tertiary/aromatic N) is 2. The van der Waals surface area contributed by atoms with Crippen LogP contribution in [0.3, 0.4) is 0 Å². The Morgan fingerprint density at radius 2 is 1.86 bits per heavy atom. The van der Waals surface area contributed by atoms with Gasteiger partial charge in [0, 0.05) is 48.4 Å². The van der Waals surface area contributed by atoms with Crippen LogP contribution in [0.15, 0.2) is 66.7 Å². The number of piperazine rings is 1. The van der Waals surface area contributed by atoms with Crippen molar-refractivity contribution < 1.29 is 14.0 Å². The Bertz CT molecular complexity index is 1300. The van der Waals surface area contributed by atoms with Gasteiger partial charge in [-0.25, -0.2) is 4.39 Å². The molecule has 1 fully saturated rings. The van der Waals surface area contributed by atoms with E-state index in [-0.39, 0.29) is 29.7 Å². The van der Waals surface area contributed by atoms with Crippen molar-refractivity contribution in [1.29, 1.82) is 0 Å². The van der Waals surface area contributed by atoms with E-state index in [0.29, 0.717) is 35.8 Å². The summed E-state index contributed by atoms with van der Waals surface area (Å²) in [7, 11) is 0. The Hall–Kier alpha value is -3.52. The molecule has 192 valence electrons. The van der Waals surface area contributed by atoms with Crippen molar-refractivity contribution in [2.75, 3.05) is 40.9 Å². The molecular formula is C29H31FN4O2S. The summed E-state index contributed by atoms with van der Waals surface area (Å²) in [5.74, 6) is 0.873. The second kappa shape index (κ2) is 10.8. The van der Waals surface area contributed by atoms with E-state index >= 15 is 0 Å². The van der Waals surface area contributed by atoms with Gasteiger partial charge in [0.1, 0.15) is 11.9 Å². The van der Waals surface area contributed by atoms with E-state index in [4.69, 9.17) is 0 Å². The van der Waals surface area contributed by atoms with Gasteiger partial charge in [-0.1, -0.05) is 24.3 Å². The van der Waals surface area contributed by atoms with Crippen molar-refractivity contribution in [2.24, 2.45) is 0 Å². The Balaban J connectivity index is 1.19. The topological polar surface area (TPSA) is 64.7 Å². The summed E-state index contributed by atoms with van der Waals surface area (Å²) >= 11 is 1.61. The minimum absolute atomic E-state index is 0.0234. The van der Waals surface area contributed by atoms with Crippen LogP contribution in [-0.2, 0) is 10.5 Å². The van der Waals surface area contributed by atoms with Crippen molar-refractivity contribution in [3.05, 3.63) is 89.2 Å². The molecule has 0 bridgehead atoms. The average Bonchev–Trinajstić information content (AvgIpc) is 2.89. The van der Waals surface area contributed by atoms with Gasteiger partial charge in [0.2, 0.25) is 5.91 Å². The third-order valence-corrected chi connectivity index (χ3v) is 7.99. The zero-order chi connectivity index (χ0) is 25.9. The SMILES string of the molecule is Cc1cccc(N2CCN(C(=O)c3ccc4c(c3)NC(=O)[C@@H](CSCc3ccc(F)cc3)N4)C[C@H]2C)c1. The summed E-state index contributed by atoms with van der Waals surface area (Å²) < 4.78 is 13.1. The van der Waals surface area contributed by atoms with Gasteiger partial charge in [-0.15, -0.1) is 0 Å². The van der Waals surface area contributed by atoms with Crippen molar-refractivity contribution in [3.63, 3.8) is 0 Å². The lowest BCUT2D eigenvalue weighted by Gasteiger charge is -2.41. The number of amides is 2. The van der Waals surface area contributed by atoms with E-state index in [1.165, 1.54) is 23.4 Å². The minimum Gasteiger partial charge on any atom is -0.371 e. The number of rotatable bonds is 6. The van der Waals surface area contributed by atoms with Gasteiger partial charge < -0.3 is 20.4 Å². The van der Waals surface area contributed by atoms with Crippen LogP contribution in [0.1, 0.15) is 28.4 Å². The predicted molar refractivity (Wildman–Crippen MR) is 149 cm³/mol. The number of halogens is 1. The maximum Gasteiger partial charge on any atom is 0.254 e. The number of carbonyl (C=O) groups is 2. The zero-order valence-electron chi connectivity index (χ0n) is 21.0. The third-order valence-electron chi connectivity index (χ3n) is 6.89. The fourth-order valence-corrected chi connectivity index (χ4v) is 5.90. The van der Waals surface area contributed by atoms with Crippen LogP contribution >= 0.6 is 11.8 Å². The Kier molecular flexibility index (Phi) is 7.37. The number of thioether (sulfide) groups is 1. The van der Waals surface area contributed by atoms with Gasteiger partial charge in [0.25, 0.3) is 5.91 Å². The largest absolute Gasteiger partial charge is 0.371 e. The van der Waals surface area contributed by atoms with Gasteiger partial charge in [-0.2, -0.15) is 11.8 Å². The highest BCUT2D eigenvalue weighted by atomic mass is 32.2. The Morgan fingerprint density at radius 3 is 2.62 bits per heavy atom. The fourth-order valence-electron chi connectivity index (χ4n) is 4.89. The lowest BCUT2D eigenvalue weighted by Crippen LogP contribution is -2.53. The molecule has 1 saturated heterocycles. The summed E-state index contributed by atoms with van der Waals surface area (Å²) in [6, 6.07) is 20.1. The first-order valence-electron chi connectivity index (χ1n) is 12.5. The number of hydrogen-bond donors (Lipinski definition) is 2. The summed E-state index contributed by atoms with van der Waals surface area (Å²) in [6.45, 7) is 6.30. The highest BCUT2D eigenvalue weighted by Gasteiger charge is 2.30. The normalized spacial score (nSPS) is 19.2. The van der Waals surface area contributed by atoms with Crippen LogP contribution in [0.4, 0.5) is 21.5 Å². The van der Waals surface area contributed by atoms with Crippen molar-refractivity contribution in [1.82, 2.24) is 4.90 Å². The van der Waals surface area contributed by atoms with Crippen LogP contribution in [0.2, 0.25) is 0 Å². The molecule has 2 amide bonds. The van der Waals surface area contributed by atoms with Gasteiger partial charge in [0.05, 0.1) is 11.4 Å². The summed E-state index contributed by atoms with van der Waals surface area (Å²) in [6.07, 6.45) is 0. The molecule has 2 aliphatic heterocycles. The molecule has 8 heteroatoms. The Morgan fingerprint density at radius 1 is 1.05 bits per heavy atom. The molecule has 0 aliphatic carbocycles. The minimum atomic E-state index is -0.380. The standard InChI is InChI=1S/C29H31FN4O2S/c1-19-4-3-5-24(14-19)34-13-12-33(16-20(34)2)29(36)22-8-11-25-26(15-22)32-28(35)27(31-25)18-37-17-21-6-9-23(30)10-7-21/h3-11,14-15,20,27,31H,12-13,16-18H2,1-2H3,(H,32,35)/t20-,27-/m1/s1. The van der Waals surface area contributed by atoms with E-state index in [0.717, 1.165) is 17.8 Å². The number of aryl methyl sites for hydroxylation is 1. The zero-order valence-corrected chi connectivity index (χ0v) is 21.9. The molecule has 6 nitrogen and oxygen atoms in total.